The van der Waals surface area contributed by atoms with E-state index >= 15 is 0 Å². The van der Waals surface area contributed by atoms with E-state index in [0.717, 1.165) is 22.6 Å². The number of rotatable bonds is 4. The zero-order valence-electron chi connectivity index (χ0n) is 13.9. The first-order valence-electron chi connectivity index (χ1n) is 7.78. The Morgan fingerprint density at radius 1 is 1.08 bits per heavy atom. The van der Waals surface area contributed by atoms with Crippen molar-refractivity contribution in [1.29, 1.82) is 0 Å². The van der Waals surface area contributed by atoms with Gasteiger partial charge in [0.05, 0.1) is 16.3 Å². The summed E-state index contributed by atoms with van der Waals surface area (Å²) in [5.74, 6) is 0. The van der Waals surface area contributed by atoms with Crippen LogP contribution >= 0.6 is 11.3 Å². The first kappa shape index (κ1) is 17.6. The van der Waals surface area contributed by atoms with Crippen LogP contribution in [-0.2, 0) is 16.7 Å². The number of thiazole rings is 1. The van der Waals surface area contributed by atoms with E-state index in [1.807, 2.05) is 18.2 Å². The summed E-state index contributed by atoms with van der Waals surface area (Å²) < 4.78 is 33.5. The fourth-order valence-electron chi connectivity index (χ4n) is 2.66. The summed E-state index contributed by atoms with van der Waals surface area (Å²) in [6, 6.07) is 16.0. The van der Waals surface area contributed by atoms with Crippen LogP contribution in [-0.4, -0.2) is 17.5 Å². The molecule has 1 aromatic heterocycles. The normalized spacial score (nSPS) is 12.5. The molecule has 5 nitrogen and oxygen atoms in total. The van der Waals surface area contributed by atoms with Gasteiger partial charge in [0, 0.05) is 11.4 Å². The molecule has 0 atom stereocenters. The second-order valence-corrected chi connectivity index (χ2v) is 8.08. The van der Waals surface area contributed by atoms with E-state index in [0.29, 0.717) is 5.69 Å². The minimum Gasteiger partial charge on any atom is -0.316 e. The maximum Gasteiger partial charge on any atom is 0.294 e. The molecule has 0 saturated carbocycles. The molecule has 130 valence electrons. The molecule has 0 fully saturated rings. The molecule has 0 spiro atoms. The van der Waals surface area contributed by atoms with Crippen molar-refractivity contribution in [1.82, 2.24) is 4.57 Å². The monoisotopic (exact) mass is 374 g/mol. The third-order valence-corrected chi connectivity index (χ3v) is 5.66. The third-order valence-electron chi connectivity index (χ3n) is 3.80. The maximum absolute atomic E-state index is 11.1. The Bertz CT molecular complexity index is 1050. The standard InChI is InChI=1S/C18H18N2O3S2/c1-3-20-17(14-7-5-4-6-8-14)13(2)24-18(20)19-15-9-11-16(12-10-15)25(21,22)23/h4-12H,3H2,1-2H3,(H,21,22,23). The van der Waals surface area contributed by atoms with Gasteiger partial charge in [0.15, 0.2) is 4.80 Å². The van der Waals surface area contributed by atoms with Crippen LogP contribution in [0, 0.1) is 6.92 Å². The van der Waals surface area contributed by atoms with Crippen molar-refractivity contribution in [2.75, 3.05) is 0 Å². The lowest BCUT2D eigenvalue weighted by atomic mass is 10.1. The minimum absolute atomic E-state index is 0.137. The highest BCUT2D eigenvalue weighted by Gasteiger charge is 2.12. The maximum atomic E-state index is 11.1. The molecule has 0 amide bonds. The second kappa shape index (κ2) is 6.95. The average Bonchev–Trinajstić information content (AvgIpc) is 2.90. The van der Waals surface area contributed by atoms with Gasteiger partial charge in [0.25, 0.3) is 10.1 Å². The average molecular weight is 374 g/mol. The Kier molecular flexibility index (Phi) is 4.89. The molecule has 0 saturated heterocycles. The molecule has 1 heterocycles. The summed E-state index contributed by atoms with van der Waals surface area (Å²) >= 11 is 1.59. The van der Waals surface area contributed by atoms with Gasteiger partial charge in [-0.25, -0.2) is 4.99 Å². The Labute approximate surface area is 150 Å². The predicted molar refractivity (Wildman–Crippen MR) is 99.6 cm³/mol. The molecule has 0 unspecified atom stereocenters. The zero-order valence-corrected chi connectivity index (χ0v) is 15.5. The van der Waals surface area contributed by atoms with Crippen LogP contribution in [0.4, 0.5) is 5.69 Å². The predicted octanol–water partition coefficient (Wildman–Crippen LogP) is 4.02. The SMILES string of the molecule is CCn1c(-c2ccccc2)c(C)sc1=Nc1ccc(S(=O)(=O)O)cc1. The van der Waals surface area contributed by atoms with Crippen molar-refractivity contribution < 1.29 is 13.0 Å². The van der Waals surface area contributed by atoms with Crippen molar-refractivity contribution in [3.63, 3.8) is 0 Å². The molecule has 7 heteroatoms. The highest BCUT2D eigenvalue weighted by molar-refractivity contribution is 7.85. The number of hydrogen-bond donors (Lipinski definition) is 1. The minimum atomic E-state index is -4.19. The van der Waals surface area contributed by atoms with E-state index in [-0.39, 0.29) is 4.90 Å². The molecular weight excluding hydrogens is 356 g/mol. The summed E-state index contributed by atoms with van der Waals surface area (Å²) in [4.78, 5) is 6.52. The fourth-order valence-corrected chi connectivity index (χ4v) is 4.22. The number of aromatic nitrogens is 1. The van der Waals surface area contributed by atoms with Gasteiger partial charge in [-0.15, -0.1) is 11.3 Å². The molecule has 1 N–H and O–H groups in total. The molecule has 0 aliphatic carbocycles. The van der Waals surface area contributed by atoms with E-state index in [2.05, 4.69) is 35.5 Å². The lowest BCUT2D eigenvalue weighted by Gasteiger charge is -2.07. The number of benzene rings is 2. The van der Waals surface area contributed by atoms with Gasteiger partial charge < -0.3 is 4.57 Å². The van der Waals surface area contributed by atoms with Crippen LogP contribution in [0.1, 0.15) is 11.8 Å². The third kappa shape index (κ3) is 3.73. The van der Waals surface area contributed by atoms with Crippen LogP contribution in [0.2, 0.25) is 0 Å². The quantitative estimate of drug-likeness (QED) is 0.701. The molecule has 3 rings (SSSR count). The van der Waals surface area contributed by atoms with Gasteiger partial charge in [-0.2, -0.15) is 8.42 Å². The molecular formula is C18H18N2O3S2. The summed E-state index contributed by atoms with van der Waals surface area (Å²) in [6.07, 6.45) is 0. The molecule has 2 aromatic carbocycles. The Morgan fingerprint density at radius 3 is 2.28 bits per heavy atom. The Balaban J connectivity index is 2.10. The van der Waals surface area contributed by atoms with Crippen molar-refractivity contribution in [3.05, 3.63) is 64.3 Å². The van der Waals surface area contributed by atoms with Gasteiger partial charge in [0.1, 0.15) is 0 Å². The van der Waals surface area contributed by atoms with Crippen LogP contribution < -0.4 is 4.80 Å². The zero-order chi connectivity index (χ0) is 18.0. The molecule has 3 aromatic rings. The van der Waals surface area contributed by atoms with Gasteiger partial charge >= 0.3 is 0 Å². The van der Waals surface area contributed by atoms with Crippen molar-refractivity contribution in [2.45, 2.75) is 25.3 Å². The molecule has 0 aliphatic rings. The van der Waals surface area contributed by atoms with Gasteiger partial charge in [-0.1, -0.05) is 30.3 Å². The number of nitrogens with zero attached hydrogens (tertiary/aromatic N) is 2. The van der Waals surface area contributed by atoms with Gasteiger partial charge in [0.2, 0.25) is 0 Å². The van der Waals surface area contributed by atoms with E-state index in [1.54, 1.807) is 23.5 Å². The smallest absolute Gasteiger partial charge is 0.294 e. The summed E-state index contributed by atoms with van der Waals surface area (Å²) in [7, 11) is -4.19. The lowest BCUT2D eigenvalue weighted by Crippen LogP contribution is -2.14. The fraction of sp³-hybridized carbons (Fsp3) is 0.167. The first-order chi connectivity index (χ1) is 11.9. The van der Waals surface area contributed by atoms with Gasteiger partial charge in [-0.3, -0.25) is 4.55 Å². The van der Waals surface area contributed by atoms with Crippen molar-refractivity contribution in [2.24, 2.45) is 4.99 Å². The van der Waals surface area contributed by atoms with Crippen LogP contribution in [0.15, 0.2) is 64.5 Å². The second-order valence-electron chi connectivity index (χ2n) is 5.48. The Hall–Kier alpha value is -2.22. The summed E-state index contributed by atoms with van der Waals surface area (Å²) in [6.45, 7) is 4.91. The van der Waals surface area contributed by atoms with Crippen LogP contribution in [0.5, 0.6) is 0 Å². The van der Waals surface area contributed by atoms with E-state index in [1.165, 1.54) is 17.0 Å². The molecule has 0 aliphatic heterocycles. The summed E-state index contributed by atoms with van der Waals surface area (Å²) in [5.41, 5.74) is 2.91. The largest absolute Gasteiger partial charge is 0.316 e. The molecule has 0 radical (unpaired) electrons. The lowest BCUT2D eigenvalue weighted by molar-refractivity contribution is 0.483. The van der Waals surface area contributed by atoms with E-state index in [9.17, 15) is 8.42 Å². The number of aryl methyl sites for hydroxylation is 1. The van der Waals surface area contributed by atoms with Crippen molar-refractivity contribution >= 4 is 27.1 Å². The number of hydrogen-bond acceptors (Lipinski definition) is 4. The Morgan fingerprint density at radius 2 is 1.72 bits per heavy atom. The van der Waals surface area contributed by atoms with E-state index < -0.39 is 10.1 Å². The van der Waals surface area contributed by atoms with Gasteiger partial charge in [-0.05, 0) is 43.7 Å². The van der Waals surface area contributed by atoms with Crippen LogP contribution in [0.25, 0.3) is 11.3 Å². The van der Waals surface area contributed by atoms with Crippen LogP contribution in [0.3, 0.4) is 0 Å². The topological polar surface area (TPSA) is 71.7 Å². The van der Waals surface area contributed by atoms with Crippen molar-refractivity contribution in [3.8, 4) is 11.3 Å². The first-order valence-corrected chi connectivity index (χ1v) is 10.0. The summed E-state index contributed by atoms with van der Waals surface area (Å²) in [5, 5.41) is 0. The molecule has 25 heavy (non-hydrogen) atoms. The highest BCUT2D eigenvalue weighted by atomic mass is 32.2. The molecule has 0 bridgehead atoms. The highest BCUT2D eigenvalue weighted by Crippen LogP contribution is 2.25. The van der Waals surface area contributed by atoms with E-state index in [4.69, 9.17) is 4.55 Å².